The van der Waals surface area contributed by atoms with E-state index in [0.717, 1.165) is 24.3 Å². The fourth-order valence-corrected chi connectivity index (χ4v) is 2.13. The Kier molecular flexibility index (Phi) is 6.96. The smallest absolute Gasteiger partial charge is 0.417 e. The number of alkyl halides is 3. The lowest BCUT2D eigenvalue weighted by atomic mass is 10.1. The number of oxime groups is 1. The van der Waals surface area contributed by atoms with Gasteiger partial charge >= 0.3 is 6.18 Å². The van der Waals surface area contributed by atoms with Crippen LogP contribution in [0, 0.1) is 11.6 Å². The predicted octanol–water partition coefficient (Wildman–Crippen LogP) is 3.71. The standard InChI is InChI=1S/C17H16F5N3O3/c18-11-4-5-12(15(19)14(11)16(23)25-26)27-7-1-2-8-28-13-6-3-10(9-24-13)17(20,21)22/h3-6,9,26H,1-2,7-8H2,(H2,23,25). The molecule has 28 heavy (non-hydrogen) atoms. The number of halogens is 5. The summed E-state index contributed by atoms with van der Waals surface area (Å²) in [6, 6.07) is 3.97. The molecule has 0 spiro atoms. The molecule has 1 aromatic heterocycles. The molecule has 0 aliphatic carbocycles. The van der Waals surface area contributed by atoms with Crippen molar-refractivity contribution in [2.24, 2.45) is 10.9 Å². The van der Waals surface area contributed by atoms with Gasteiger partial charge in [0.2, 0.25) is 5.88 Å². The molecule has 11 heteroatoms. The average molecular weight is 405 g/mol. The molecule has 0 bridgehead atoms. The van der Waals surface area contributed by atoms with E-state index in [9.17, 15) is 22.0 Å². The number of hydrogen-bond donors (Lipinski definition) is 2. The number of pyridine rings is 1. The third kappa shape index (κ3) is 5.44. The molecule has 0 amide bonds. The van der Waals surface area contributed by atoms with Crippen molar-refractivity contribution in [1.29, 1.82) is 0 Å². The first-order chi connectivity index (χ1) is 13.2. The molecule has 2 aromatic rings. The Morgan fingerprint density at radius 2 is 1.75 bits per heavy atom. The van der Waals surface area contributed by atoms with E-state index in [0.29, 0.717) is 19.0 Å². The number of hydrogen-bond acceptors (Lipinski definition) is 5. The van der Waals surface area contributed by atoms with Crippen molar-refractivity contribution in [3.63, 3.8) is 0 Å². The topological polar surface area (TPSA) is 90.0 Å². The maximum atomic E-state index is 14.1. The fourth-order valence-electron chi connectivity index (χ4n) is 2.13. The summed E-state index contributed by atoms with van der Waals surface area (Å²) in [4.78, 5) is 3.56. The van der Waals surface area contributed by atoms with E-state index >= 15 is 0 Å². The minimum atomic E-state index is -4.47. The lowest BCUT2D eigenvalue weighted by Crippen LogP contribution is -2.18. The highest BCUT2D eigenvalue weighted by Crippen LogP contribution is 2.29. The second-order valence-electron chi connectivity index (χ2n) is 5.51. The van der Waals surface area contributed by atoms with E-state index in [1.165, 1.54) is 0 Å². The van der Waals surface area contributed by atoms with Crippen LogP contribution in [-0.2, 0) is 6.18 Å². The quantitative estimate of drug-likeness (QED) is 0.175. The minimum Gasteiger partial charge on any atom is -0.490 e. The minimum absolute atomic E-state index is 0.0434. The van der Waals surface area contributed by atoms with E-state index in [2.05, 4.69) is 10.1 Å². The summed E-state index contributed by atoms with van der Waals surface area (Å²) in [5, 5.41) is 11.1. The van der Waals surface area contributed by atoms with Crippen LogP contribution in [0.3, 0.4) is 0 Å². The van der Waals surface area contributed by atoms with E-state index in [1.54, 1.807) is 0 Å². The van der Waals surface area contributed by atoms with Gasteiger partial charge in [0.05, 0.1) is 24.3 Å². The maximum Gasteiger partial charge on any atom is 0.417 e. The molecular weight excluding hydrogens is 389 g/mol. The Morgan fingerprint density at radius 3 is 2.32 bits per heavy atom. The molecule has 6 nitrogen and oxygen atoms in total. The highest BCUT2D eigenvalue weighted by Gasteiger charge is 2.30. The van der Waals surface area contributed by atoms with Gasteiger partial charge in [0.25, 0.3) is 0 Å². The number of aromatic nitrogens is 1. The molecule has 1 heterocycles. The summed E-state index contributed by atoms with van der Waals surface area (Å²) in [5.74, 6) is -3.05. The number of ether oxygens (including phenoxy) is 2. The number of nitrogens with two attached hydrogens (primary N) is 1. The lowest BCUT2D eigenvalue weighted by molar-refractivity contribution is -0.137. The van der Waals surface area contributed by atoms with Crippen molar-refractivity contribution >= 4 is 5.84 Å². The van der Waals surface area contributed by atoms with Crippen LogP contribution in [0.4, 0.5) is 22.0 Å². The number of unbranched alkanes of at least 4 members (excludes halogenated alkanes) is 1. The van der Waals surface area contributed by atoms with Crippen LogP contribution in [0.25, 0.3) is 0 Å². The number of rotatable bonds is 8. The van der Waals surface area contributed by atoms with Crippen LogP contribution in [0.15, 0.2) is 35.6 Å². The highest BCUT2D eigenvalue weighted by molar-refractivity contribution is 5.97. The van der Waals surface area contributed by atoms with Gasteiger partial charge in [-0.15, -0.1) is 0 Å². The summed E-state index contributed by atoms with van der Waals surface area (Å²) in [6.45, 7) is 0.213. The average Bonchev–Trinajstić information content (AvgIpc) is 2.65. The summed E-state index contributed by atoms with van der Waals surface area (Å²) in [5.41, 5.74) is 3.66. The molecule has 0 saturated carbocycles. The first-order valence-electron chi connectivity index (χ1n) is 7.98. The first kappa shape index (κ1) is 21.2. The number of nitrogens with zero attached hydrogens (tertiary/aromatic N) is 2. The third-order valence-corrected chi connectivity index (χ3v) is 3.53. The second-order valence-corrected chi connectivity index (χ2v) is 5.51. The number of amidine groups is 1. The summed E-state index contributed by atoms with van der Waals surface area (Å²) >= 11 is 0. The van der Waals surface area contributed by atoms with E-state index in [-0.39, 0.29) is 24.8 Å². The molecule has 3 N–H and O–H groups in total. The SMILES string of the molecule is N/C(=N\O)c1c(F)ccc(OCCCCOc2ccc(C(F)(F)F)cn2)c1F. The van der Waals surface area contributed by atoms with E-state index in [4.69, 9.17) is 20.4 Å². The van der Waals surface area contributed by atoms with Gasteiger partial charge in [-0.3, -0.25) is 0 Å². The number of benzene rings is 1. The van der Waals surface area contributed by atoms with Crippen LogP contribution in [0.2, 0.25) is 0 Å². The van der Waals surface area contributed by atoms with Gasteiger partial charge in [-0.2, -0.15) is 13.2 Å². The molecule has 0 aliphatic heterocycles. The molecule has 0 fully saturated rings. The van der Waals surface area contributed by atoms with Crippen LogP contribution >= 0.6 is 0 Å². The Morgan fingerprint density at radius 1 is 1.07 bits per heavy atom. The predicted molar refractivity (Wildman–Crippen MR) is 88.3 cm³/mol. The van der Waals surface area contributed by atoms with Crippen LogP contribution in [0.5, 0.6) is 11.6 Å². The summed E-state index contributed by atoms with van der Waals surface area (Å²) in [6.07, 6.45) is -2.93. The zero-order valence-corrected chi connectivity index (χ0v) is 14.3. The molecule has 0 saturated heterocycles. The van der Waals surface area contributed by atoms with Gasteiger partial charge in [-0.1, -0.05) is 5.16 Å². The fraction of sp³-hybridized carbons (Fsp3) is 0.294. The van der Waals surface area contributed by atoms with Crippen molar-refractivity contribution in [1.82, 2.24) is 4.98 Å². The molecule has 0 unspecified atom stereocenters. The van der Waals surface area contributed by atoms with E-state index < -0.39 is 34.8 Å². The van der Waals surface area contributed by atoms with Gasteiger partial charge in [0.1, 0.15) is 5.82 Å². The zero-order valence-electron chi connectivity index (χ0n) is 14.3. The zero-order chi connectivity index (χ0) is 20.7. The maximum absolute atomic E-state index is 14.1. The van der Waals surface area contributed by atoms with Gasteiger partial charge in [0.15, 0.2) is 17.4 Å². The van der Waals surface area contributed by atoms with Crippen molar-refractivity contribution in [3.05, 3.63) is 53.2 Å². The molecule has 1 aromatic carbocycles. The van der Waals surface area contributed by atoms with Gasteiger partial charge in [0, 0.05) is 12.3 Å². The second kappa shape index (κ2) is 9.20. The molecule has 0 aliphatic rings. The normalized spacial score (nSPS) is 12.1. The Balaban J connectivity index is 1.78. The van der Waals surface area contributed by atoms with Crippen LogP contribution in [-0.4, -0.2) is 29.2 Å². The molecule has 0 atom stereocenters. The third-order valence-electron chi connectivity index (χ3n) is 3.53. The first-order valence-corrected chi connectivity index (χ1v) is 7.98. The Bertz CT molecular complexity index is 826. The summed E-state index contributed by atoms with van der Waals surface area (Å²) < 4.78 is 75.4. The largest absolute Gasteiger partial charge is 0.490 e. The highest BCUT2D eigenvalue weighted by atomic mass is 19.4. The Labute approximate surface area is 156 Å². The van der Waals surface area contributed by atoms with Crippen molar-refractivity contribution in [2.45, 2.75) is 19.0 Å². The van der Waals surface area contributed by atoms with Crippen molar-refractivity contribution in [3.8, 4) is 11.6 Å². The molecule has 2 rings (SSSR count). The van der Waals surface area contributed by atoms with Crippen molar-refractivity contribution < 1.29 is 36.6 Å². The molecule has 0 radical (unpaired) electrons. The van der Waals surface area contributed by atoms with Gasteiger partial charge in [-0.25, -0.2) is 13.8 Å². The van der Waals surface area contributed by atoms with Crippen molar-refractivity contribution in [2.75, 3.05) is 13.2 Å². The van der Waals surface area contributed by atoms with E-state index in [1.807, 2.05) is 0 Å². The molecular formula is C17H16F5N3O3. The Hall–Kier alpha value is -3.11. The van der Waals surface area contributed by atoms with Gasteiger partial charge in [-0.05, 0) is 31.0 Å². The van der Waals surface area contributed by atoms with Crippen LogP contribution < -0.4 is 15.2 Å². The molecule has 152 valence electrons. The lowest BCUT2D eigenvalue weighted by Gasteiger charge is -2.11. The van der Waals surface area contributed by atoms with Crippen LogP contribution in [0.1, 0.15) is 24.0 Å². The monoisotopic (exact) mass is 405 g/mol. The summed E-state index contributed by atoms with van der Waals surface area (Å²) in [7, 11) is 0. The van der Waals surface area contributed by atoms with Gasteiger partial charge < -0.3 is 20.4 Å².